The van der Waals surface area contributed by atoms with Crippen LogP contribution in [0.15, 0.2) is 21.9 Å². The molecule has 1 N–H and O–H groups in total. The van der Waals surface area contributed by atoms with Crippen molar-refractivity contribution in [2.45, 2.75) is 12.3 Å². The van der Waals surface area contributed by atoms with E-state index in [4.69, 9.17) is 19.2 Å². The van der Waals surface area contributed by atoms with Crippen molar-refractivity contribution in [1.82, 2.24) is 15.2 Å². The van der Waals surface area contributed by atoms with E-state index in [9.17, 15) is 0 Å². The Kier molecular flexibility index (Phi) is 3.06. The largest absolute Gasteiger partial charge is 0.447 e. The predicted octanol–water partition coefficient (Wildman–Crippen LogP) is -0.340. The molecule has 1 aromatic rings. The second-order valence-corrected chi connectivity index (χ2v) is 4.27. The summed E-state index contributed by atoms with van der Waals surface area (Å²) in [5, 5.41) is 11.3. The Labute approximate surface area is 109 Å². The maximum Gasteiger partial charge on any atom is 0.213 e. The lowest BCUT2D eigenvalue weighted by molar-refractivity contribution is -0.161. The summed E-state index contributed by atoms with van der Waals surface area (Å²) < 4.78 is 16.5. The van der Waals surface area contributed by atoms with Gasteiger partial charge in [-0.05, 0) is 0 Å². The maximum absolute atomic E-state index is 8.75. The number of hydrogen-bond acceptors (Lipinski definition) is 8. The molecule has 0 radical (unpaired) electrons. The molecule has 0 aliphatic carbocycles. The van der Waals surface area contributed by atoms with E-state index in [1.165, 1.54) is 6.26 Å². The second-order valence-electron chi connectivity index (χ2n) is 4.27. The van der Waals surface area contributed by atoms with Gasteiger partial charge in [0.15, 0.2) is 6.19 Å². The van der Waals surface area contributed by atoms with E-state index in [0.29, 0.717) is 44.7 Å². The minimum absolute atomic E-state index is 0.374. The fourth-order valence-electron chi connectivity index (χ4n) is 2.18. The first-order valence-electron chi connectivity index (χ1n) is 5.92. The standard InChI is InChI=1S/C11H13N5O3/c12-8-15-10-14-6-11(18-3-4-19-11)7-16(10)5-9-13-1-2-17-9/h1-2H,3-7H2,(H,14,15). The van der Waals surface area contributed by atoms with E-state index in [-0.39, 0.29) is 0 Å². The van der Waals surface area contributed by atoms with Gasteiger partial charge in [0.25, 0.3) is 0 Å². The van der Waals surface area contributed by atoms with Crippen LogP contribution in [0.4, 0.5) is 0 Å². The first kappa shape index (κ1) is 12.0. The monoisotopic (exact) mass is 263 g/mol. The number of guanidine groups is 1. The van der Waals surface area contributed by atoms with Crippen molar-refractivity contribution in [3.05, 3.63) is 18.4 Å². The second kappa shape index (κ2) is 4.87. The van der Waals surface area contributed by atoms with Gasteiger partial charge >= 0.3 is 0 Å². The van der Waals surface area contributed by atoms with E-state index in [2.05, 4.69) is 15.3 Å². The lowest BCUT2D eigenvalue weighted by Gasteiger charge is -2.37. The summed E-state index contributed by atoms with van der Waals surface area (Å²) in [7, 11) is 0. The molecule has 3 rings (SSSR count). The van der Waals surface area contributed by atoms with Crippen molar-refractivity contribution in [1.29, 1.82) is 5.26 Å². The van der Waals surface area contributed by atoms with Crippen LogP contribution < -0.4 is 5.32 Å². The third-order valence-corrected chi connectivity index (χ3v) is 2.99. The Morgan fingerprint density at radius 3 is 3.00 bits per heavy atom. The van der Waals surface area contributed by atoms with Crippen LogP contribution in [0.1, 0.15) is 5.89 Å². The van der Waals surface area contributed by atoms with Gasteiger partial charge < -0.3 is 18.8 Å². The van der Waals surface area contributed by atoms with Crippen molar-refractivity contribution in [3.8, 4) is 6.19 Å². The quantitative estimate of drug-likeness (QED) is 0.576. The molecule has 3 heterocycles. The first-order valence-corrected chi connectivity index (χ1v) is 5.92. The smallest absolute Gasteiger partial charge is 0.213 e. The number of nitrogens with one attached hydrogen (secondary N) is 1. The zero-order valence-corrected chi connectivity index (χ0v) is 10.2. The van der Waals surface area contributed by atoms with E-state index in [1.807, 2.05) is 11.1 Å². The molecule has 1 fully saturated rings. The van der Waals surface area contributed by atoms with Crippen LogP contribution in [-0.2, 0) is 16.0 Å². The molecule has 8 heteroatoms. The lowest BCUT2D eigenvalue weighted by atomic mass is 10.2. The van der Waals surface area contributed by atoms with Gasteiger partial charge in [0, 0.05) is 0 Å². The van der Waals surface area contributed by atoms with Crippen molar-refractivity contribution in [2.75, 3.05) is 26.3 Å². The predicted molar refractivity (Wildman–Crippen MR) is 62.6 cm³/mol. The first-order chi connectivity index (χ1) is 9.31. The number of nitriles is 1. The highest BCUT2D eigenvalue weighted by Crippen LogP contribution is 2.25. The van der Waals surface area contributed by atoms with Gasteiger partial charge in [-0.3, -0.25) is 5.32 Å². The summed E-state index contributed by atoms with van der Waals surface area (Å²) >= 11 is 0. The van der Waals surface area contributed by atoms with Crippen molar-refractivity contribution in [3.63, 3.8) is 0 Å². The molecule has 0 amide bonds. The number of rotatable bonds is 2. The van der Waals surface area contributed by atoms with E-state index in [1.54, 1.807) is 6.20 Å². The minimum atomic E-state index is -0.715. The fourth-order valence-corrected chi connectivity index (χ4v) is 2.18. The van der Waals surface area contributed by atoms with Gasteiger partial charge in [-0.15, -0.1) is 0 Å². The number of aliphatic imine (C=N–C) groups is 1. The molecule has 100 valence electrons. The molecule has 1 aromatic heterocycles. The van der Waals surface area contributed by atoms with Gasteiger partial charge in [-0.1, -0.05) is 0 Å². The Morgan fingerprint density at radius 2 is 2.32 bits per heavy atom. The summed E-state index contributed by atoms with van der Waals surface area (Å²) in [4.78, 5) is 10.2. The number of ether oxygens (including phenoxy) is 2. The Balaban J connectivity index is 1.79. The zero-order valence-electron chi connectivity index (χ0n) is 10.2. The third-order valence-electron chi connectivity index (χ3n) is 2.99. The normalized spacial score (nSPS) is 21.2. The molecule has 2 aliphatic rings. The Bertz CT molecular complexity index is 501. The molecule has 2 aliphatic heterocycles. The van der Waals surface area contributed by atoms with E-state index in [0.717, 1.165) is 0 Å². The SMILES string of the molecule is N#CNC1=NCC2(CN1Cc1ncco1)OCCO2. The molecule has 1 spiro atoms. The van der Waals surface area contributed by atoms with Crippen molar-refractivity contribution in [2.24, 2.45) is 4.99 Å². The molecule has 0 unspecified atom stereocenters. The van der Waals surface area contributed by atoms with Crippen LogP contribution in [0.3, 0.4) is 0 Å². The number of hydrogen-bond donors (Lipinski definition) is 1. The van der Waals surface area contributed by atoms with E-state index < -0.39 is 5.79 Å². The van der Waals surface area contributed by atoms with Gasteiger partial charge in [0.2, 0.25) is 17.6 Å². The van der Waals surface area contributed by atoms with Crippen LogP contribution in [0.5, 0.6) is 0 Å². The molecule has 0 aromatic carbocycles. The van der Waals surface area contributed by atoms with Crippen LogP contribution >= 0.6 is 0 Å². The van der Waals surface area contributed by atoms with Crippen LogP contribution in [0.25, 0.3) is 0 Å². The highest BCUT2D eigenvalue weighted by Gasteiger charge is 2.42. The highest BCUT2D eigenvalue weighted by molar-refractivity contribution is 5.82. The van der Waals surface area contributed by atoms with Crippen LogP contribution in [0.2, 0.25) is 0 Å². The molecule has 1 saturated heterocycles. The lowest BCUT2D eigenvalue weighted by Crippen LogP contribution is -2.55. The Morgan fingerprint density at radius 1 is 1.47 bits per heavy atom. The number of aromatic nitrogens is 1. The average Bonchev–Trinajstić information content (AvgIpc) is 3.06. The summed E-state index contributed by atoms with van der Waals surface area (Å²) in [6.45, 7) is 2.36. The summed E-state index contributed by atoms with van der Waals surface area (Å²) in [6, 6.07) is 0. The van der Waals surface area contributed by atoms with Crippen LogP contribution in [-0.4, -0.2) is 47.9 Å². The van der Waals surface area contributed by atoms with Crippen molar-refractivity contribution >= 4 is 5.96 Å². The molecular weight excluding hydrogens is 250 g/mol. The average molecular weight is 263 g/mol. The molecule has 8 nitrogen and oxygen atoms in total. The molecule has 0 bridgehead atoms. The minimum Gasteiger partial charge on any atom is -0.447 e. The van der Waals surface area contributed by atoms with Crippen LogP contribution in [0, 0.1) is 11.5 Å². The van der Waals surface area contributed by atoms with Gasteiger partial charge in [-0.25, -0.2) is 9.98 Å². The zero-order chi connectivity index (χ0) is 13.1. The summed E-state index contributed by atoms with van der Waals surface area (Å²) in [5.41, 5.74) is 0. The van der Waals surface area contributed by atoms with Gasteiger partial charge in [0.05, 0.1) is 39.0 Å². The molecule has 0 atom stereocenters. The summed E-state index contributed by atoms with van der Waals surface area (Å²) in [5.74, 6) is 0.306. The summed E-state index contributed by atoms with van der Waals surface area (Å²) in [6.07, 6.45) is 4.95. The Hall–Kier alpha value is -2.11. The van der Waals surface area contributed by atoms with Crippen molar-refractivity contribution < 1.29 is 13.9 Å². The maximum atomic E-state index is 8.75. The topological polar surface area (TPSA) is 95.9 Å². The van der Waals surface area contributed by atoms with Gasteiger partial charge in [0.1, 0.15) is 6.26 Å². The molecule has 19 heavy (non-hydrogen) atoms. The highest BCUT2D eigenvalue weighted by atomic mass is 16.7. The van der Waals surface area contributed by atoms with Gasteiger partial charge in [-0.2, -0.15) is 5.26 Å². The van der Waals surface area contributed by atoms with E-state index >= 15 is 0 Å². The third kappa shape index (κ3) is 2.38. The fraction of sp³-hybridized carbons (Fsp3) is 0.545. The number of nitrogens with zero attached hydrogens (tertiary/aromatic N) is 4. The number of oxazole rings is 1. The molecular formula is C11H13N5O3. The molecule has 0 saturated carbocycles.